The third-order valence-electron chi connectivity index (χ3n) is 7.00. The number of fused-ring (bicyclic) bond motifs is 1. The van der Waals surface area contributed by atoms with Gasteiger partial charge >= 0.3 is 0 Å². The second-order valence-corrected chi connectivity index (χ2v) is 8.30. The Bertz CT molecular complexity index is 1420. The molecule has 28 heavy (non-hydrogen) atoms. The molecule has 0 saturated carbocycles. The van der Waals surface area contributed by atoms with Crippen LogP contribution < -0.4 is 0 Å². The highest BCUT2D eigenvalue weighted by Crippen LogP contribution is 2.44. The lowest BCUT2D eigenvalue weighted by Gasteiger charge is -2.15. The van der Waals surface area contributed by atoms with Crippen LogP contribution in [0.5, 0.6) is 0 Å². The lowest BCUT2D eigenvalue weighted by Crippen LogP contribution is -1.92. The fraction of sp³-hybridized carbons (Fsp3) is 0.143. The van der Waals surface area contributed by atoms with Gasteiger partial charge in [-0.15, -0.1) is 0 Å². The van der Waals surface area contributed by atoms with Crippen LogP contribution in [-0.4, -0.2) is 0 Å². The molecular weight excluding hydrogens is 336 g/mol. The molecule has 0 aromatic heterocycles. The van der Waals surface area contributed by atoms with Gasteiger partial charge in [0.25, 0.3) is 0 Å². The highest BCUT2D eigenvalue weighted by atomic mass is 14.3. The fourth-order valence-electron chi connectivity index (χ4n) is 5.19. The van der Waals surface area contributed by atoms with Crippen molar-refractivity contribution in [2.45, 2.75) is 26.7 Å². The molecule has 0 radical (unpaired) electrons. The highest BCUT2D eigenvalue weighted by molar-refractivity contribution is 6.25. The molecular formula is C28H22. The van der Waals surface area contributed by atoms with Gasteiger partial charge in [0, 0.05) is 5.92 Å². The van der Waals surface area contributed by atoms with Crippen LogP contribution in [0.2, 0.25) is 0 Å². The summed E-state index contributed by atoms with van der Waals surface area (Å²) < 4.78 is 0. The molecule has 0 aliphatic heterocycles. The minimum Gasteiger partial charge on any atom is -0.0626 e. The van der Waals surface area contributed by atoms with E-state index in [2.05, 4.69) is 93.6 Å². The van der Waals surface area contributed by atoms with E-state index in [1.54, 1.807) is 0 Å². The van der Waals surface area contributed by atoms with Crippen LogP contribution in [0.15, 0.2) is 78.4 Å². The highest BCUT2D eigenvalue weighted by Gasteiger charge is 2.23. The van der Waals surface area contributed by atoms with E-state index in [0.29, 0.717) is 5.92 Å². The molecule has 5 aromatic carbocycles. The van der Waals surface area contributed by atoms with Crippen LogP contribution in [0, 0.1) is 0 Å². The van der Waals surface area contributed by atoms with Crippen LogP contribution in [-0.2, 0) is 0 Å². The van der Waals surface area contributed by atoms with Crippen LogP contribution >= 0.6 is 0 Å². The molecule has 0 fully saturated rings. The Morgan fingerprint density at radius 3 is 2.07 bits per heavy atom. The van der Waals surface area contributed by atoms with Crippen molar-refractivity contribution in [3.8, 4) is 11.1 Å². The molecule has 0 heterocycles. The lowest BCUT2D eigenvalue weighted by atomic mass is 9.88. The van der Waals surface area contributed by atoms with Gasteiger partial charge in [0.15, 0.2) is 0 Å². The summed E-state index contributed by atoms with van der Waals surface area (Å²) in [6.45, 7) is 6.86. The zero-order valence-corrected chi connectivity index (χ0v) is 16.5. The second-order valence-electron chi connectivity index (χ2n) is 8.30. The van der Waals surface area contributed by atoms with Crippen LogP contribution in [0.3, 0.4) is 0 Å². The molecule has 0 saturated heterocycles. The molecule has 0 N–H and O–H groups in total. The summed E-state index contributed by atoms with van der Waals surface area (Å²) >= 11 is 0. The zero-order valence-electron chi connectivity index (χ0n) is 16.5. The van der Waals surface area contributed by atoms with E-state index in [1.165, 1.54) is 65.7 Å². The number of benzene rings is 5. The topological polar surface area (TPSA) is 0 Å². The van der Waals surface area contributed by atoms with E-state index < -0.39 is 0 Å². The molecule has 6 rings (SSSR count). The molecule has 1 atom stereocenters. The average Bonchev–Trinajstić information content (AvgIpc) is 2.95. The van der Waals surface area contributed by atoms with E-state index >= 15 is 0 Å². The van der Waals surface area contributed by atoms with E-state index in [1.807, 2.05) is 0 Å². The molecule has 0 nitrogen and oxygen atoms in total. The van der Waals surface area contributed by atoms with Gasteiger partial charge in [0.2, 0.25) is 0 Å². The molecule has 0 bridgehead atoms. The first kappa shape index (κ1) is 15.9. The Kier molecular flexibility index (Phi) is 3.09. The largest absolute Gasteiger partial charge is 0.0626 e. The van der Waals surface area contributed by atoms with E-state index in [-0.39, 0.29) is 0 Å². The van der Waals surface area contributed by atoms with Crippen LogP contribution in [0.4, 0.5) is 0 Å². The lowest BCUT2D eigenvalue weighted by molar-refractivity contribution is 0.920. The Morgan fingerprint density at radius 1 is 0.643 bits per heavy atom. The summed E-state index contributed by atoms with van der Waals surface area (Å²) in [5, 5.41) is 8.12. The van der Waals surface area contributed by atoms with Gasteiger partial charge in [-0.3, -0.25) is 0 Å². The van der Waals surface area contributed by atoms with Crippen molar-refractivity contribution in [2.75, 3.05) is 0 Å². The average molecular weight is 358 g/mol. The minimum atomic E-state index is 0.509. The molecule has 0 spiro atoms. The maximum atomic E-state index is 2.42. The van der Waals surface area contributed by atoms with Crippen LogP contribution in [0.25, 0.3) is 49.0 Å². The normalized spacial score (nSPS) is 16.6. The first-order valence-electron chi connectivity index (χ1n) is 10.1. The standard InChI is InChI=1S/C28H22/c1-16-17(2)23-12-11-22(15-26(23)18(16)3)24-13-9-21-8-7-19-5-4-6-20-10-14-25(24)28(21)27(19)20/h4-15,18H,1-3H3. The number of hydrogen-bond donors (Lipinski definition) is 0. The number of rotatable bonds is 1. The molecule has 1 unspecified atom stereocenters. The van der Waals surface area contributed by atoms with Crippen molar-refractivity contribution in [3.05, 3.63) is 89.5 Å². The predicted molar refractivity (Wildman–Crippen MR) is 122 cm³/mol. The minimum absolute atomic E-state index is 0.509. The summed E-state index contributed by atoms with van der Waals surface area (Å²) in [6.07, 6.45) is 0. The Balaban J connectivity index is 1.66. The fourth-order valence-corrected chi connectivity index (χ4v) is 5.19. The molecule has 1 aliphatic carbocycles. The second kappa shape index (κ2) is 5.45. The van der Waals surface area contributed by atoms with Crippen molar-refractivity contribution in [3.63, 3.8) is 0 Å². The monoisotopic (exact) mass is 358 g/mol. The van der Waals surface area contributed by atoms with Gasteiger partial charge in [-0.2, -0.15) is 0 Å². The quantitative estimate of drug-likeness (QED) is 0.265. The number of hydrogen-bond acceptors (Lipinski definition) is 0. The van der Waals surface area contributed by atoms with Gasteiger partial charge in [0.05, 0.1) is 0 Å². The van der Waals surface area contributed by atoms with Crippen molar-refractivity contribution in [1.82, 2.24) is 0 Å². The molecule has 0 heteroatoms. The van der Waals surface area contributed by atoms with Crippen molar-refractivity contribution < 1.29 is 0 Å². The van der Waals surface area contributed by atoms with E-state index in [9.17, 15) is 0 Å². The van der Waals surface area contributed by atoms with Crippen molar-refractivity contribution >= 4 is 37.9 Å². The zero-order chi connectivity index (χ0) is 19.0. The summed E-state index contributed by atoms with van der Waals surface area (Å²) in [6, 6.07) is 27.3. The first-order valence-corrected chi connectivity index (χ1v) is 10.1. The van der Waals surface area contributed by atoms with Crippen LogP contribution in [0.1, 0.15) is 37.8 Å². The van der Waals surface area contributed by atoms with Gasteiger partial charge in [-0.25, -0.2) is 0 Å². The Morgan fingerprint density at radius 2 is 1.29 bits per heavy atom. The van der Waals surface area contributed by atoms with Crippen molar-refractivity contribution in [1.29, 1.82) is 0 Å². The maximum Gasteiger partial charge on any atom is 0.00292 e. The summed E-state index contributed by atoms with van der Waals surface area (Å²) in [4.78, 5) is 0. The molecule has 1 aliphatic rings. The SMILES string of the molecule is CC1=C(C)C(C)c2cc(-c3ccc4ccc5cccc6ccc3c4c56)ccc21. The Hall–Kier alpha value is -3.12. The third kappa shape index (κ3) is 1.95. The maximum absolute atomic E-state index is 2.42. The third-order valence-corrected chi connectivity index (χ3v) is 7.00. The van der Waals surface area contributed by atoms with Gasteiger partial charge in [-0.1, -0.05) is 79.2 Å². The van der Waals surface area contributed by atoms with E-state index in [4.69, 9.17) is 0 Å². The van der Waals surface area contributed by atoms with Crippen molar-refractivity contribution in [2.24, 2.45) is 0 Å². The van der Waals surface area contributed by atoms with Gasteiger partial charge < -0.3 is 0 Å². The molecule has 0 amide bonds. The summed E-state index contributed by atoms with van der Waals surface area (Å²) in [5.41, 5.74) is 8.51. The van der Waals surface area contributed by atoms with Gasteiger partial charge in [-0.05, 0) is 80.1 Å². The predicted octanol–water partition coefficient (Wildman–Crippen LogP) is 8.16. The summed E-state index contributed by atoms with van der Waals surface area (Å²) in [5.74, 6) is 0.509. The Labute approximate surface area is 165 Å². The number of allylic oxidation sites excluding steroid dienone is 2. The molecule has 5 aromatic rings. The first-order chi connectivity index (χ1) is 13.6. The molecule has 134 valence electrons. The van der Waals surface area contributed by atoms with Gasteiger partial charge in [0.1, 0.15) is 0 Å². The van der Waals surface area contributed by atoms with E-state index in [0.717, 1.165) is 0 Å². The summed E-state index contributed by atoms with van der Waals surface area (Å²) in [7, 11) is 0. The smallest absolute Gasteiger partial charge is 0.00292 e.